The third-order valence-electron chi connectivity index (χ3n) is 3.63. The van der Waals surface area contributed by atoms with E-state index < -0.39 is 16.4 Å². The van der Waals surface area contributed by atoms with Crippen LogP contribution in [0.2, 0.25) is 0 Å². The molecule has 0 heterocycles. The largest absolute Gasteiger partial charge is 0.530 e. The molecule has 9 heteroatoms. The first kappa shape index (κ1) is 26.8. The normalized spacial score (nSPS) is 10.8. The molecule has 0 atom stereocenters. The average Bonchev–Trinajstić information content (AvgIpc) is 2.82. The highest BCUT2D eigenvalue weighted by atomic mass is 31.2. The summed E-state index contributed by atoms with van der Waals surface area (Å²) in [6.45, 7) is 6.21. The van der Waals surface area contributed by atoms with Gasteiger partial charge >= 0.3 is 16.4 Å². The average molecular weight is 492 g/mol. The number of para-hydroxylation sites is 3. The first-order valence-corrected chi connectivity index (χ1v) is 13.2. The molecule has 0 saturated heterocycles. The molecular formula is C24H30O7P2. The summed E-state index contributed by atoms with van der Waals surface area (Å²) >= 11 is 0. The van der Waals surface area contributed by atoms with Crippen LogP contribution in [0.15, 0.2) is 91.0 Å². The summed E-state index contributed by atoms with van der Waals surface area (Å²) in [4.78, 5) is 0. The van der Waals surface area contributed by atoms with E-state index in [1.54, 1.807) is 20.8 Å². The number of benzene rings is 3. The molecule has 0 saturated carbocycles. The van der Waals surface area contributed by atoms with Crippen molar-refractivity contribution in [3.8, 4) is 17.2 Å². The van der Waals surface area contributed by atoms with Crippen LogP contribution in [0, 0.1) is 0 Å². The minimum Gasteiger partial charge on any atom is -0.409 e. The van der Waals surface area contributed by atoms with Crippen LogP contribution >= 0.6 is 16.4 Å². The highest BCUT2D eigenvalue weighted by Crippen LogP contribution is 2.48. The summed E-state index contributed by atoms with van der Waals surface area (Å²) < 4.78 is 43.3. The zero-order valence-electron chi connectivity index (χ0n) is 19.0. The molecule has 3 aromatic rings. The van der Waals surface area contributed by atoms with Crippen molar-refractivity contribution in [2.45, 2.75) is 20.8 Å². The van der Waals surface area contributed by atoms with Crippen molar-refractivity contribution in [1.82, 2.24) is 0 Å². The van der Waals surface area contributed by atoms with Crippen LogP contribution in [-0.4, -0.2) is 19.8 Å². The van der Waals surface area contributed by atoms with E-state index in [1.165, 1.54) is 0 Å². The SMILES string of the molecule is CCOP(=O)(OCC)OCC.c1ccc(OP(Oc2ccccc2)Oc2ccccc2)cc1. The van der Waals surface area contributed by atoms with E-state index in [2.05, 4.69) is 0 Å². The van der Waals surface area contributed by atoms with Gasteiger partial charge in [-0.3, -0.25) is 13.6 Å². The third kappa shape index (κ3) is 10.8. The second-order valence-electron chi connectivity index (χ2n) is 6.14. The number of hydrogen-bond acceptors (Lipinski definition) is 7. The van der Waals surface area contributed by atoms with E-state index >= 15 is 0 Å². The van der Waals surface area contributed by atoms with Gasteiger partial charge in [0.2, 0.25) is 0 Å². The first-order chi connectivity index (χ1) is 16.1. The highest BCUT2D eigenvalue weighted by molar-refractivity contribution is 7.48. The van der Waals surface area contributed by atoms with Crippen molar-refractivity contribution in [3.05, 3.63) is 91.0 Å². The van der Waals surface area contributed by atoms with E-state index in [4.69, 9.17) is 27.1 Å². The summed E-state index contributed by atoms with van der Waals surface area (Å²) in [6, 6.07) is 28.5. The molecule has 0 aliphatic rings. The molecule has 0 fully saturated rings. The molecule has 0 amide bonds. The van der Waals surface area contributed by atoms with E-state index in [9.17, 15) is 4.57 Å². The van der Waals surface area contributed by atoms with Crippen LogP contribution in [-0.2, 0) is 18.1 Å². The van der Waals surface area contributed by atoms with Crippen LogP contribution in [0.25, 0.3) is 0 Å². The van der Waals surface area contributed by atoms with E-state index in [1.807, 2.05) is 91.0 Å². The number of hydrogen-bond donors (Lipinski definition) is 0. The fourth-order valence-electron chi connectivity index (χ4n) is 2.34. The van der Waals surface area contributed by atoms with Crippen LogP contribution in [0.1, 0.15) is 20.8 Å². The summed E-state index contributed by atoms with van der Waals surface area (Å²) in [6.07, 6.45) is 0. The maximum Gasteiger partial charge on any atom is 0.530 e. The van der Waals surface area contributed by atoms with Crippen molar-refractivity contribution in [1.29, 1.82) is 0 Å². The van der Waals surface area contributed by atoms with Crippen LogP contribution in [0.3, 0.4) is 0 Å². The van der Waals surface area contributed by atoms with E-state index in [-0.39, 0.29) is 0 Å². The number of phosphoric ester groups is 1. The molecule has 0 aromatic heterocycles. The topological polar surface area (TPSA) is 72.5 Å². The molecule has 33 heavy (non-hydrogen) atoms. The molecule has 3 aromatic carbocycles. The molecule has 178 valence electrons. The summed E-state index contributed by atoms with van der Waals surface area (Å²) in [5.74, 6) is 2.13. The molecule has 7 nitrogen and oxygen atoms in total. The Bertz CT molecular complexity index is 805. The van der Waals surface area contributed by atoms with Crippen LogP contribution in [0.4, 0.5) is 0 Å². The monoisotopic (exact) mass is 492 g/mol. The van der Waals surface area contributed by atoms with Gasteiger partial charge in [-0.05, 0) is 57.2 Å². The quantitative estimate of drug-likeness (QED) is 0.240. The Morgan fingerprint density at radius 3 is 1.06 bits per heavy atom. The predicted molar refractivity (Wildman–Crippen MR) is 131 cm³/mol. The summed E-state index contributed by atoms with van der Waals surface area (Å²) in [5, 5.41) is 0. The maximum atomic E-state index is 11.3. The van der Waals surface area contributed by atoms with Crippen molar-refractivity contribution in [3.63, 3.8) is 0 Å². The van der Waals surface area contributed by atoms with Crippen LogP contribution < -0.4 is 13.6 Å². The molecule has 0 bridgehead atoms. The third-order valence-corrected chi connectivity index (χ3v) is 6.43. The van der Waals surface area contributed by atoms with Gasteiger partial charge in [-0.15, -0.1) is 0 Å². The van der Waals surface area contributed by atoms with Gasteiger partial charge in [-0.2, -0.15) is 0 Å². The fourth-order valence-corrected chi connectivity index (χ4v) is 4.51. The number of rotatable bonds is 12. The second-order valence-corrected chi connectivity index (χ2v) is 8.80. The molecule has 0 radical (unpaired) electrons. The Balaban J connectivity index is 0.000000299. The van der Waals surface area contributed by atoms with Gasteiger partial charge in [-0.1, -0.05) is 54.6 Å². The lowest BCUT2D eigenvalue weighted by atomic mass is 10.3. The van der Waals surface area contributed by atoms with Gasteiger partial charge < -0.3 is 13.6 Å². The second kappa shape index (κ2) is 15.4. The molecule has 0 N–H and O–H groups in total. The lowest BCUT2D eigenvalue weighted by molar-refractivity contribution is 0.126. The van der Waals surface area contributed by atoms with Gasteiger partial charge in [0.15, 0.2) is 0 Å². The Labute approximate surface area is 197 Å². The van der Waals surface area contributed by atoms with Gasteiger partial charge in [0.25, 0.3) is 0 Å². The fraction of sp³-hybridized carbons (Fsp3) is 0.250. The zero-order chi connectivity index (χ0) is 23.8. The lowest BCUT2D eigenvalue weighted by Crippen LogP contribution is -2.02. The van der Waals surface area contributed by atoms with Crippen molar-refractivity contribution < 1.29 is 31.7 Å². The van der Waals surface area contributed by atoms with Crippen molar-refractivity contribution in [2.75, 3.05) is 19.8 Å². The minimum atomic E-state index is -3.22. The van der Waals surface area contributed by atoms with Crippen molar-refractivity contribution in [2.24, 2.45) is 0 Å². The van der Waals surface area contributed by atoms with Crippen molar-refractivity contribution >= 4 is 16.4 Å². The van der Waals surface area contributed by atoms with Crippen LogP contribution in [0.5, 0.6) is 17.2 Å². The molecule has 0 unspecified atom stereocenters. The predicted octanol–water partition coefficient (Wildman–Crippen LogP) is 7.65. The number of phosphoric acid groups is 1. The molecule has 3 rings (SSSR count). The lowest BCUT2D eigenvalue weighted by Gasteiger charge is -2.17. The Hall–Kier alpha value is -2.40. The zero-order valence-corrected chi connectivity index (χ0v) is 20.8. The molecule has 0 aliphatic carbocycles. The highest BCUT2D eigenvalue weighted by Gasteiger charge is 2.23. The smallest absolute Gasteiger partial charge is 0.409 e. The molecular weight excluding hydrogens is 462 g/mol. The Morgan fingerprint density at radius 1 is 0.545 bits per heavy atom. The first-order valence-electron chi connectivity index (χ1n) is 10.6. The Kier molecular flexibility index (Phi) is 12.6. The van der Waals surface area contributed by atoms with E-state index in [0.29, 0.717) is 37.1 Å². The Morgan fingerprint density at radius 2 is 0.818 bits per heavy atom. The van der Waals surface area contributed by atoms with Gasteiger partial charge in [0.05, 0.1) is 19.8 Å². The minimum absolute atomic E-state index is 0.331. The maximum absolute atomic E-state index is 11.3. The summed E-state index contributed by atoms with van der Waals surface area (Å²) in [7, 11) is -4.81. The van der Waals surface area contributed by atoms with Gasteiger partial charge in [-0.25, -0.2) is 4.57 Å². The van der Waals surface area contributed by atoms with Gasteiger partial charge in [0.1, 0.15) is 17.2 Å². The van der Waals surface area contributed by atoms with E-state index in [0.717, 1.165) is 0 Å². The standard InChI is InChI=1S/C18H15O3P.C6H15O4P/c1-4-10-16(11-5-1)19-22(20-17-12-6-2-7-13-17)21-18-14-8-3-9-15-18;1-4-8-11(7,9-5-2)10-6-3/h1-15H;4-6H2,1-3H3. The molecule has 0 aliphatic heterocycles. The molecule has 0 spiro atoms. The van der Waals surface area contributed by atoms with Gasteiger partial charge in [0, 0.05) is 0 Å². The summed E-state index contributed by atoms with van der Waals surface area (Å²) in [5.41, 5.74) is 0.